The predicted octanol–water partition coefficient (Wildman–Crippen LogP) is -0.0637. The molecule has 70 valence electrons. The van der Waals surface area contributed by atoms with Crippen molar-refractivity contribution in [3.8, 4) is 0 Å². The van der Waals surface area contributed by atoms with E-state index in [4.69, 9.17) is 8.85 Å². The summed E-state index contributed by atoms with van der Waals surface area (Å²) in [5.41, 5.74) is 0. The van der Waals surface area contributed by atoms with Crippen LogP contribution in [-0.4, -0.2) is 40.4 Å². The average Bonchev–Trinajstić information content (AvgIpc) is 2.12. The Balaban J connectivity index is 3.65. The minimum Gasteiger partial charge on any atom is -0.390 e. The van der Waals surface area contributed by atoms with Crippen molar-refractivity contribution in [2.24, 2.45) is 4.99 Å². The molecule has 0 spiro atoms. The Bertz CT molecular complexity index is 165. The van der Waals surface area contributed by atoms with Gasteiger partial charge in [0.25, 0.3) is 0 Å². The monoisotopic (exact) mass is 191 g/mol. The first-order valence-electron chi connectivity index (χ1n) is 3.55. The van der Waals surface area contributed by atoms with Gasteiger partial charge in [-0.15, -0.1) is 0 Å². The van der Waals surface area contributed by atoms with Crippen molar-refractivity contribution < 1.29 is 18.4 Å². The number of isocyanates is 1. The van der Waals surface area contributed by atoms with Gasteiger partial charge < -0.3 is 13.6 Å². The summed E-state index contributed by atoms with van der Waals surface area (Å²) in [4.78, 5) is 22.5. The molecule has 0 fully saturated rings. The highest BCUT2D eigenvalue weighted by molar-refractivity contribution is 6.59. The highest BCUT2D eigenvalue weighted by atomic mass is 28.4. The van der Waals surface area contributed by atoms with Gasteiger partial charge in [0.15, 0.2) is 0 Å². The second kappa shape index (κ2) is 6.04. The van der Waals surface area contributed by atoms with E-state index in [2.05, 4.69) is 4.99 Å². The van der Waals surface area contributed by atoms with E-state index in [1.807, 2.05) is 0 Å². The zero-order valence-corrected chi connectivity index (χ0v) is 8.24. The molecule has 0 aliphatic carbocycles. The van der Waals surface area contributed by atoms with Crippen molar-refractivity contribution >= 4 is 14.9 Å². The molecule has 0 bridgehead atoms. The van der Waals surface area contributed by atoms with Gasteiger partial charge in [-0.25, -0.2) is 9.79 Å². The summed E-state index contributed by atoms with van der Waals surface area (Å²) in [6, 6.07) is 0.408. The first-order chi connectivity index (χ1) is 5.68. The van der Waals surface area contributed by atoms with Gasteiger partial charge in [0.05, 0.1) is 6.54 Å². The maximum atomic E-state index is 9.66. The lowest BCUT2D eigenvalue weighted by atomic mass is 10.5. The van der Waals surface area contributed by atoms with Gasteiger partial charge in [-0.2, -0.15) is 0 Å². The zero-order chi connectivity index (χ0) is 9.45. The lowest BCUT2D eigenvalue weighted by Crippen LogP contribution is -2.40. The molecule has 0 aromatic rings. The number of rotatable bonds is 6. The molecule has 0 aliphatic heterocycles. The van der Waals surface area contributed by atoms with Crippen LogP contribution in [0, 0.1) is 0 Å². The Morgan fingerprint density at radius 1 is 1.50 bits per heavy atom. The van der Waals surface area contributed by atoms with Crippen LogP contribution >= 0.6 is 0 Å². The van der Waals surface area contributed by atoms with Crippen molar-refractivity contribution in [1.29, 1.82) is 0 Å². The highest BCUT2D eigenvalue weighted by Gasteiger charge is 2.33. The Hall–Kier alpha value is -0.523. The second-order valence-electron chi connectivity index (χ2n) is 2.20. The molecule has 6 heteroatoms. The van der Waals surface area contributed by atoms with Crippen LogP contribution < -0.4 is 0 Å². The third kappa shape index (κ3) is 4.37. The minimum atomic E-state index is -2.94. The van der Waals surface area contributed by atoms with Crippen LogP contribution in [0.5, 0.6) is 0 Å². The van der Waals surface area contributed by atoms with Crippen LogP contribution in [0.2, 0.25) is 6.04 Å². The van der Waals surface area contributed by atoms with Crippen molar-refractivity contribution in [3.63, 3.8) is 0 Å². The summed E-state index contributed by atoms with van der Waals surface area (Å²) in [5.74, 6) is 0. The first kappa shape index (κ1) is 11.5. The SMILES string of the molecule is CO[Si](O)(CCCN=C=O)OC. The molecule has 0 unspecified atom stereocenters. The summed E-state index contributed by atoms with van der Waals surface area (Å²) >= 11 is 0. The summed E-state index contributed by atoms with van der Waals surface area (Å²) in [5, 5.41) is 0. The number of hydrogen-bond donors (Lipinski definition) is 1. The number of aliphatic imine (C=N–C) groups is 1. The first-order valence-corrected chi connectivity index (χ1v) is 5.52. The summed E-state index contributed by atoms with van der Waals surface area (Å²) in [6.07, 6.45) is 1.99. The molecule has 5 nitrogen and oxygen atoms in total. The zero-order valence-electron chi connectivity index (χ0n) is 7.24. The molecule has 0 saturated carbocycles. The summed E-state index contributed by atoms with van der Waals surface area (Å²) in [6.45, 7) is 0.353. The third-order valence-corrected chi connectivity index (χ3v) is 3.73. The van der Waals surface area contributed by atoms with E-state index in [0.717, 1.165) is 0 Å². The van der Waals surface area contributed by atoms with Crippen LogP contribution in [0.3, 0.4) is 0 Å². The number of hydrogen-bond acceptors (Lipinski definition) is 5. The van der Waals surface area contributed by atoms with Gasteiger partial charge in [0.1, 0.15) is 0 Å². The van der Waals surface area contributed by atoms with Crippen LogP contribution in [0.4, 0.5) is 0 Å². The molecule has 0 heterocycles. The van der Waals surface area contributed by atoms with E-state index >= 15 is 0 Å². The van der Waals surface area contributed by atoms with Gasteiger partial charge >= 0.3 is 8.80 Å². The van der Waals surface area contributed by atoms with E-state index < -0.39 is 8.80 Å². The van der Waals surface area contributed by atoms with E-state index in [0.29, 0.717) is 19.0 Å². The van der Waals surface area contributed by atoms with Crippen molar-refractivity contribution in [2.45, 2.75) is 12.5 Å². The Kier molecular flexibility index (Phi) is 5.78. The molecule has 0 aromatic heterocycles. The van der Waals surface area contributed by atoms with E-state index in [1.165, 1.54) is 20.3 Å². The van der Waals surface area contributed by atoms with Crippen molar-refractivity contribution in [1.82, 2.24) is 0 Å². The molecule has 0 radical (unpaired) electrons. The minimum absolute atomic E-state index is 0.353. The Labute approximate surface area is 72.4 Å². The molecular formula is C6H13NO4Si. The summed E-state index contributed by atoms with van der Waals surface area (Å²) in [7, 11) is -0.134. The van der Waals surface area contributed by atoms with Gasteiger partial charge in [0, 0.05) is 20.3 Å². The fourth-order valence-electron chi connectivity index (χ4n) is 0.715. The molecule has 0 atom stereocenters. The van der Waals surface area contributed by atoms with E-state index in [1.54, 1.807) is 0 Å². The van der Waals surface area contributed by atoms with Gasteiger partial charge in [-0.05, 0) is 6.42 Å². The van der Waals surface area contributed by atoms with Crippen LogP contribution in [0.25, 0.3) is 0 Å². The Morgan fingerprint density at radius 2 is 2.08 bits per heavy atom. The van der Waals surface area contributed by atoms with Gasteiger partial charge in [-0.3, -0.25) is 0 Å². The molecule has 0 aliphatic rings. The van der Waals surface area contributed by atoms with E-state index in [9.17, 15) is 9.59 Å². The largest absolute Gasteiger partial charge is 0.497 e. The average molecular weight is 191 g/mol. The lowest BCUT2D eigenvalue weighted by molar-refractivity contribution is 0.151. The normalized spacial score (nSPS) is 10.9. The molecular weight excluding hydrogens is 178 g/mol. The van der Waals surface area contributed by atoms with Crippen LogP contribution in [-0.2, 0) is 13.6 Å². The predicted molar refractivity (Wildman–Crippen MR) is 44.4 cm³/mol. The Morgan fingerprint density at radius 3 is 2.50 bits per heavy atom. The standard InChI is InChI=1S/C6H13NO4Si/c1-10-12(9,11-2)5-3-4-7-6-8/h9H,3-5H2,1-2H3. The van der Waals surface area contributed by atoms with E-state index in [-0.39, 0.29) is 0 Å². The fourth-order valence-corrected chi connectivity index (χ4v) is 1.89. The molecule has 0 amide bonds. The number of nitrogens with zero attached hydrogens (tertiary/aromatic N) is 1. The lowest BCUT2D eigenvalue weighted by Gasteiger charge is -2.18. The van der Waals surface area contributed by atoms with Crippen molar-refractivity contribution in [2.75, 3.05) is 20.8 Å². The summed E-state index contributed by atoms with van der Waals surface area (Å²) < 4.78 is 9.60. The maximum Gasteiger partial charge on any atom is 0.497 e. The quantitative estimate of drug-likeness (QED) is 0.276. The smallest absolute Gasteiger partial charge is 0.390 e. The molecule has 0 saturated heterocycles. The molecule has 1 N–H and O–H groups in total. The fraction of sp³-hybridized carbons (Fsp3) is 0.833. The number of carbonyl (C=O) groups excluding carboxylic acids is 1. The van der Waals surface area contributed by atoms with Crippen LogP contribution in [0.15, 0.2) is 4.99 Å². The van der Waals surface area contributed by atoms with Crippen molar-refractivity contribution in [3.05, 3.63) is 0 Å². The molecule has 0 rings (SSSR count). The van der Waals surface area contributed by atoms with Gasteiger partial charge in [-0.1, -0.05) is 0 Å². The van der Waals surface area contributed by atoms with Gasteiger partial charge in [0.2, 0.25) is 6.08 Å². The highest BCUT2D eigenvalue weighted by Crippen LogP contribution is 2.09. The second-order valence-corrected chi connectivity index (χ2v) is 4.94. The van der Waals surface area contributed by atoms with Crippen LogP contribution in [0.1, 0.15) is 6.42 Å². The topological polar surface area (TPSA) is 68.1 Å². The maximum absolute atomic E-state index is 9.66. The third-order valence-electron chi connectivity index (χ3n) is 1.47. The molecule has 0 aromatic carbocycles. The molecule has 12 heavy (non-hydrogen) atoms.